The molecule has 1 aliphatic carbocycles. The first kappa shape index (κ1) is 27.2. The zero-order valence-corrected chi connectivity index (χ0v) is 22.6. The summed E-state index contributed by atoms with van der Waals surface area (Å²) in [5.74, 6) is -0.500. The third-order valence-electron chi connectivity index (χ3n) is 7.33. The number of allylic oxidation sites excluding steroid dienone is 2. The van der Waals surface area contributed by atoms with Crippen molar-refractivity contribution in [2.24, 2.45) is 10.9 Å². The van der Waals surface area contributed by atoms with E-state index in [0.717, 1.165) is 18.4 Å². The lowest BCUT2D eigenvalue weighted by molar-refractivity contribution is -0.146. The van der Waals surface area contributed by atoms with Crippen LogP contribution in [0.5, 0.6) is 23.0 Å². The number of phenolic OH excluding ortho intramolecular Hbond substituents is 1. The van der Waals surface area contributed by atoms with Gasteiger partial charge in [-0.15, -0.1) is 0 Å². The summed E-state index contributed by atoms with van der Waals surface area (Å²) in [6.07, 6.45) is 2.44. The maximum Gasteiger partial charge on any atom is 0.315 e. The van der Waals surface area contributed by atoms with Crippen molar-refractivity contribution in [2.75, 3.05) is 27.9 Å². The molecule has 0 bridgehead atoms. The van der Waals surface area contributed by atoms with Crippen LogP contribution in [0.3, 0.4) is 0 Å². The number of hydrogen-bond donors (Lipinski definition) is 1. The average Bonchev–Trinajstić information content (AvgIpc) is 2.91. The number of carbonyl (C=O) groups is 2. The summed E-state index contributed by atoms with van der Waals surface area (Å²) in [7, 11) is 4.64. The minimum atomic E-state index is -0.764. The number of aromatic hydroxyl groups is 1. The van der Waals surface area contributed by atoms with E-state index in [-0.39, 0.29) is 23.9 Å². The topological polar surface area (TPSA) is 104 Å². The Labute approximate surface area is 223 Å². The Morgan fingerprint density at radius 3 is 2.32 bits per heavy atom. The SMILES string of the molecule is CCCCOC(=O)C1C(C)=NC2=C(C(=O)C[C@H](c3ccc(OC)c(OC)c3)C2)[C@@H]1c1ccc(OC)c(O)c1. The van der Waals surface area contributed by atoms with Gasteiger partial charge in [0, 0.05) is 29.3 Å². The second kappa shape index (κ2) is 11.7. The van der Waals surface area contributed by atoms with Crippen molar-refractivity contribution in [2.45, 2.75) is 51.4 Å². The molecule has 1 N–H and O–H groups in total. The van der Waals surface area contributed by atoms with Crippen molar-refractivity contribution in [3.05, 3.63) is 58.8 Å². The number of benzene rings is 2. The molecule has 0 saturated heterocycles. The van der Waals surface area contributed by atoms with Crippen molar-refractivity contribution < 1.29 is 33.6 Å². The molecule has 2 aliphatic rings. The van der Waals surface area contributed by atoms with E-state index >= 15 is 0 Å². The first-order valence-corrected chi connectivity index (χ1v) is 12.9. The van der Waals surface area contributed by atoms with Crippen LogP contribution in [-0.4, -0.2) is 50.5 Å². The summed E-state index contributed by atoms with van der Waals surface area (Å²) < 4.78 is 21.6. The van der Waals surface area contributed by atoms with E-state index in [1.54, 1.807) is 39.3 Å². The summed E-state index contributed by atoms with van der Waals surface area (Å²) in [4.78, 5) is 31.9. The maximum absolute atomic E-state index is 13.8. The van der Waals surface area contributed by atoms with Gasteiger partial charge in [0.15, 0.2) is 28.8 Å². The number of rotatable bonds is 9. The highest BCUT2D eigenvalue weighted by Crippen LogP contribution is 2.48. The number of methoxy groups -OCH3 is 3. The van der Waals surface area contributed by atoms with E-state index in [1.807, 2.05) is 25.1 Å². The van der Waals surface area contributed by atoms with Gasteiger partial charge in [-0.2, -0.15) is 0 Å². The molecule has 0 spiro atoms. The largest absolute Gasteiger partial charge is 0.504 e. The lowest BCUT2D eigenvalue weighted by atomic mass is 9.69. The molecule has 1 aliphatic heterocycles. The molecule has 3 atom stereocenters. The standard InChI is InChI=1S/C30H35NO7/c1-6-7-12-38-30(34)27-17(2)31-21-13-20(18-8-11-25(36-4)26(16-18)37-5)15-23(33)29(21)28(27)19-9-10-24(35-3)22(32)14-19/h8-11,14,16,20,27-28,32H,6-7,12-13,15H2,1-5H3/t20-,27?,28-/m1/s1. The fraction of sp³-hybridized carbons (Fsp3) is 0.433. The number of nitrogens with zero attached hydrogens (tertiary/aromatic N) is 1. The minimum absolute atomic E-state index is 0.0584. The molecular formula is C30H35NO7. The second-order valence-electron chi connectivity index (χ2n) is 9.66. The van der Waals surface area contributed by atoms with E-state index in [9.17, 15) is 14.7 Å². The van der Waals surface area contributed by atoms with Crippen molar-refractivity contribution in [1.29, 1.82) is 0 Å². The first-order valence-electron chi connectivity index (χ1n) is 12.9. The Hall–Kier alpha value is -3.81. The number of hydrogen-bond acceptors (Lipinski definition) is 8. The van der Waals surface area contributed by atoms with Crippen molar-refractivity contribution >= 4 is 17.5 Å². The van der Waals surface area contributed by atoms with E-state index in [2.05, 4.69) is 0 Å². The van der Waals surface area contributed by atoms with Crippen LogP contribution in [-0.2, 0) is 14.3 Å². The third-order valence-corrected chi connectivity index (χ3v) is 7.33. The van der Waals surface area contributed by atoms with Gasteiger partial charge in [0.2, 0.25) is 0 Å². The monoisotopic (exact) mass is 521 g/mol. The lowest BCUT2D eigenvalue weighted by Crippen LogP contribution is -2.38. The molecule has 2 aromatic carbocycles. The molecule has 4 rings (SSSR count). The van der Waals surface area contributed by atoms with Gasteiger partial charge in [0.1, 0.15) is 5.92 Å². The van der Waals surface area contributed by atoms with Crippen molar-refractivity contribution in [3.8, 4) is 23.0 Å². The summed E-state index contributed by atoms with van der Waals surface area (Å²) in [6, 6.07) is 10.7. The Kier molecular flexibility index (Phi) is 8.39. The van der Waals surface area contributed by atoms with Crippen LogP contribution >= 0.6 is 0 Å². The number of phenols is 1. The predicted octanol–water partition coefficient (Wildman–Crippen LogP) is 5.34. The van der Waals surface area contributed by atoms with Crippen LogP contribution in [0.15, 0.2) is 52.7 Å². The Balaban J connectivity index is 1.76. The molecule has 0 radical (unpaired) electrons. The number of Topliss-reactive ketones (excluding diaryl/α,β-unsaturated/α-hetero) is 1. The zero-order chi connectivity index (χ0) is 27.4. The second-order valence-corrected chi connectivity index (χ2v) is 9.66. The normalized spacial score (nSPS) is 20.9. The number of esters is 1. The van der Waals surface area contributed by atoms with Gasteiger partial charge >= 0.3 is 5.97 Å². The zero-order valence-electron chi connectivity index (χ0n) is 22.6. The summed E-state index contributed by atoms with van der Waals surface area (Å²) >= 11 is 0. The summed E-state index contributed by atoms with van der Waals surface area (Å²) in [5, 5.41) is 10.5. The van der Waals surface area contributed by atoms with Gasteiger partial charge in [-0.3, -0.25) is 14.6 Å². The number of carbonyl (C=O) groups excluding carboxylic acids is 2. The summed E-state index contributed by atoms with van der Waals surface area (Å²) in [5.41, 5.74) is 3.35. The molecule has 0 amide bonds. The van der Waals surface area contributed by atoms with Crippen LogP contribution in [0.25, 0.3) is 0 Å². The third kappa shape index (κ3) is 5.26. The van der Waals surface area contributed by atoms with Crippen LogP contribution < -0.4 is 14.2 Å². The first-order chi connectivity index (χ1) is 18.3. The lowest BCUT2D eigenvalue weighted by Gasteiger charge is -2.36. The minimum Gasteiger partial charge on any atom is -0.504 e. The van der Waals surface area contributed by atoms with Gasteiger partial charge < -0.3 is 24.1 Å². The number of unbranched alkanes of at least 4 members (excludes halogenated alkanes) is 1. The molecule has 8 nitrogen and oxygen atoms in total. The molecule has 38 heavy (non-hydrogen) atoms. The highest BCUT2D eigenvalue weighted by Gasteiger charge is 2.45. The smallest absolute Gasteiger partial charge is 0.315 e. The van der Waals surface area contributed by atoms with Crippen LogP contribution in [0, 0.1) is 5.92 Å². The van der Waals surface area contributed by atoms with Gasteiger partial charge in [0.25, 0.3) is 0 Å². The van der Waals surface area contributed by atoms with E-state index in [1.165, 1.54) is 7.11 Å². The highest BCUT2D eigenvalue weighted by atomic mass is 16.5. The average molecular weight is 522 g/mol. The predicted molar refractivity (Wildman–Crippen MR) is 143 cm³/mol. The summed E-state index contributed by atoms with van der Waals surface area (Å²) in [6.45, 7) is 4.13. The molecule has 0 fully saturated rings. The Morgan fingerprint density at radius 1 is 0.974 bits per heavy atom. The molecule has 0 saturated carbocycles. The van der Waals surface area contributed by atoms with Crippen molar-refractivity contribution in [3.63, 3.8) is 0 Å². The van der Waals surface area contributed by atoms with E-state index < -0.39 is 17.8 Å². The van der Waals surface area contributed by atoms with Crippen LogP contribution in [0.2, 0.25) is 0 Å². The molecule has 1 heterocycles. The highest BCUT2D eigenvalue weighted by molar-refractivity contribution is 6.09. The van der Waals surface area contributed by atoms with Gasteiger partial charge in [-0.25, -0.2) is 0 Å². The quantitative estimate of drug-likeness (QED) is 0.351. The fourth-order valence-electron chi connectivity index (χ4n) is 5.37. The molecule has 0 aromatic heterocycles. The number of ketones is 1. The van der Waals surface area contributed by atoms with Gasteiger partial charge in [-0.05, 0) is 61.1 Å². The molecule has 202 valence electrons. The van der Waals surface area contributed by atoms with Gasteiger partial charge in [-0.1, -0.05) is 25.5 Å². The van der Waals surface area contributed by atoms with E-state index in [0.29, 0.717) is 52.8 Å². The van der Waals surface area contributed by atoms with Crippen LogP contribution in [0.4, 0.5) is 0 Å². The fourth-order valence-corrected chi connectivity index (χ4v) is 5.37. The number of aliphatic imine (C=N–C) groups is 1. The van der Waals surface area contributed by atoms with Crippen LogP contribution in [0.1, 0.15) is 62.5 Å². The van der Waals surface area contributed by atoms with Crippen molar-refractivity contribution in [1.82, 2.24) is 0 Å². The van der Waals surface area contributed by atoms with Gasteiger partial charge in [0.05, 0.1) is 27.9 Å². The molecule has 2 aromatic rings. The molecule has 1 unspecified atom stereocenters. The number of ether oxygens (including phenoxy) is 4. The Morgan fingerprint density at radius 2 is 1.66 bits per heavy atom. The molecular weight excluding hydrogens is 486 g/mol. The maximum atomic E-state index is 13.8. The molecule has 8 heteroatoms. The van der Waals surface area contributed by atoms with E-state index in [4.69, 9.17) is 23.9 Å². The Bertz CT molecular complexity index is 1280.